The van der Waals surface area contributed by atoms with Crippen LogP contribution >= 0.6 is 11.6 Å². The highest BCUT2D eigenvalue weighted by Gasteiger charge is 2.32. The van der Waals surface area contributed by atoms with E-state index < -0.39 is 23.6 Å². The van der Waals surface area contributed by atoms with Crippen molar-refractivity contribution in [2.24, 2.45) is 0 Å². The third-order valence-electron chi connectivity index (χ3n) is 13.2. The van der Waals surface area contributed by atoms with Gasteiger partial charge in [0.15, 0.2) is 5.82 Å². The Labute approximate surface area is 397 Å². The molecule has 6 heterocycles. The number of nitrogens with zero attached hydrogens (tertiary/aromatic N) is 10. The third-order valence-corrected chi connectivity index (χ3v) is 13.5. The van der Waals surface area contributed by atoms with Gasteiger partial charge in [-0.3, -0.25) is 9.69 Å². The molecule has 0 unspecified atom stereocenters. The number of benzene rings is 2. The van der Waals surface area contributed by atoms with E-state index >= 15 is 4.39 Å². The smallest absolute Gasteiger partial charge is 0.223 e. The number of fused-ring (bicyclic) bond motifs is 1. The number of amides is 1. The Balaban J connectivity index is 0.721. The van der Waals surface area contributed by atoms with Gasteiger partial charge >= 0.3 is 0 Å². The molecule has 0 saturated carbocycles. The molecule has 15 nitrogen and oxygen atoms in total. The van der Waals surface area contributed by atoms with Gasteiger partial charge in [0.25, 0.3) is 0 Å². The summed E-state index contributed by atoms with van der Waals surface area (Å²) in [5.41, 5.74) is 1.03. The van der Waals surface area contributed by atoms with Crippen molar-refractivity contribution in [2.75, 3.05) is 79.3 Å². The Morgan fingerprint density at radius 3 is 2.45 bits per heavy atom. The first-order valence-electron chi connectivity index (χ1n) is 24.0. The molecule has 3 saturated heterocycles. The van der Waals surface area contributed by atoms with Crippen LogP contribution in [0.1, 0.15) is 97.3 Å². The van der Waals surface area contributed by atoms with Gasteiger partial charge in [-0.2, -0.15) is 0 Å². The molecule has 5 aromatic rings. The lowest BCUT2D eigenvalue weighted by Crippen LogP contribution is -2.51. The van der Waals surface area contributed by atoms with Crippen LogP contribution in [0.25, 0.3) is 22.3 Å². The molecule has 360 valence electrons. The molecule has 3 aliphatic rings. The van der Waals surface area contributed by atoms with Gasteiger partial charge in [0.2, 0.25) is 11.9 Å². The van der Waals surface area contributed by atoms with E-state index in [2.05, 4.69) is 50.3 Å². The molecule has 3 atom stereocenters. The van der Waals surface area contributed by atoms with Crippen LogP contribution in [0.3, 0.4) is 0 Å². The number of nitrogens with one attached hydrogen (secondary N) is 2. The monoisotopic (exact) mass is 942 g/mol. The van der Waals surface area contributed by atoms with Gasteiger partial charge in [-0.05, 0) is 96.7 Å². The molecule has 0 spiro atoms. The fourth-order valence-corrected chi connectivity index (χ4v) is 9.89. The summed E-state index contributed by atoms with van der Waals surface area (Å²) in [5, 5.41) is 29.0. The number of rotatable bonds is 17. The van der Waals surface area contributed by atoms with Gasteiger partial charge in [0, 0.05) is 88.2 Å². The number of aliphatic hydroxyl groups is 2. The number of hydrogen-bond donors (Lipinski definition) is 4. The lowest BCUT2D eigenvalue weighted by Gasteiger charge is -2.36. The Morgan fingerprint density at radius 2 is 1.69 bits per heavy atom. The van der Waals surface area contributed by atoms with E-state index in [1.807, 2.05) is 30.5 Å². The highest BCUT2D eigenvalue weighted by molar-refractivity contribution is 6.33. The zero-order valence-electron chi connectivity index (χ0n) is 39.1. The lowest BCUT2D eigenvalue weighted by atomic mass is 10.0. The summed E-state index contributed by atoms with van der Waals surface area (Å²) >= 11 is 6.57. The average Bonchev–Trinajstić information content (AvgIpc) is 3.72. The SMILES string of the molecule is CC(C)n1c(C(C)(C)O)nc2c(F)cc(-c3nc(N[C@@H]4CCN(C(=O)CCCCCCCN5CCN(c6cc(N[C@@H]7CCCN(c8cccc(F)c8)C7)ncn6)CC5)C[C@H]4O)ncc3Cl)cc21. The van der Waals surface area contributed by atoms with Crippen LogP contribution in [-0.4, -0.2) is 132 Å². The molecule has 0 bridgehead atoms. The number of carbonyl (C=O) groups excluding carboxylic acids is 1. The van der Waals surface area contributed by atoms with Crippen molar-refractivity contribution < 1.29 is 23.8 Å². The van der Waals surface area contributed by atoms with Crippen molar-refractivity contribution >= 4 is 51.8 Å². The van der Waals surface area contributed by atoms with Crippen molar-refractivity contribution in [1.29, 1.82) is 0 Å². The summed E-state index contributed by atoms with van der Waals surface area (Å²) < 4.78 is 31.2. The molecule has 0 radical (unpaired) electrons. The first-order valence-corrected chi connectivity index (χ1v) is 24.3. The molecule has 3 aromatic heterocycles. The number of unbranched alkanes of at least 4 members (excludes halogenated alkanes) is 4. The molecule has 3 fully saturated rings. The minimum Gasteiger partial charge on any atom is -0.389 e. The first kappa shape index (κ1) is 48.2. The molecular weight excluding hydrogens is 878 g/mol. The van der Waals surface area contributed by atoms with Crippen molar-refractivity contribution in [3.8, 4) is 11.3 Å². The van der Waals surface area contributed by atoms with E-state index in [4.69, 9.17) is 11.6 Å². The van der Waals surface area contributed by atoms with Crippen molar-refractivity contribution in [3.63, 3.8) is 0 Å². The quantitative estimate of drug-likeness (QED) is 0.0674. The van der Waals surface area contributed by atoms with Gasteiger partial charge in [-0.15, -0.1) is 0 Å². The van der Waals surface area contributed by atoms with E-state index in [-0.39, 0.29) is 46.8 Å². The van der Waals surface area contributed by atoms with Crippen LogP contribution < -0.4 is 20.4 Å². The first-order chi connectivity index (χ1) is 32.2. The zero-order valence-corrected chi connectivity index (χ0v) is 39.9. The fraction of sp³-hybridized carbons (Fsp3) is 0.551. The lowest BCUT2D eigenvalue weighted by molar-refractivity contribution is -0.134. The van der Waals surface area contributed by atoms with E-state index in [1.54, 1.807) is 43.3 Å². The van der Waals surface area contributed by atoms with Crippen molar-refractivity contribution in [3.05, 3.63) is 77.5 Å². The van der Waals surface area contributed by atoms with Gasteiger partial charge in [-0.25, -0.2) is 33.7 Å². The number of likely N-dealkylation sites (tertiary alicyclic amines) is 1. The number of piperazine rings is 1. The number of halogens is 3. The number of hydrogen-bond acceptors (Lipinski definition) is 13. The molecule has 3 aliphatic heterocycles. The fourth-order valence-electron chi connectivity index (χ4n) is 9.69. The van der Waals surface area contributed by atoms with Crippen molar-refractivity contribution in [1.82, 2.24) is 39.3 Å². The second-order valence-electron chi connectivity index (χ2n) is 19.1. The molecule has 1 amide bonds. The van der Waals surface area contributed by atoms with Crippen molar-refractivity contribution in [2.45, 2.75) is 115 Å². The summed E-state index contributed by atoms with van der Waals surface area (Å²) in [6, 6.07) is 11.7. The second-order valence-corrected chi connectivity index (χ2v) is 19.5. The molecule has 67 heavy (non-hydrogen) atoms. The molecule has 2 aromatic carbocycles. The third kappa shape index (κ3) is 11.9. The number of imidazole rings is 1. The minimum absolute atomic E-state index is 0.0549. The molecule has 18 heteroatoms. The molecule has 0 aliphatic carbocycles. The predicted molar refractivity (Wildman–Crippen MR) is 260 cm³/mol. The standard InChI is InChI=1S/C49H65ClF2N12O3/c1-32(2)64-40-25-33(24-38(52)46(40)58-47(64)49(3,4)67)45-37(50)28-53-48(59-45)57-39-16-19-63(30-41(39)65)44(66)15-8-6-5-7-9-17-60-20-22-61(23-21-60)43-27-42(54-31-55-43)56-35-13-11-18-62(29-35)36-14-10-12-34(51)26-36/h10,12,14,24-28,31-32,35,39,41,65,67H,5-9,11,13,15-23,29-30H2,1-4H3,(H,53,57,59)(H,54,55,56)/t35-,39-,41-/m1/s1. The molecular formula is C49H65ClF2N12O3. The van der Waals surface area contributed by atoms with E-state index in [0.717, 1.165) is 108 Å². The maximum absolute atomic E-state index is 15.6. The van der Waals surface area contributed by atoms with Crippen LogP contribution in [0.4, 0.5) is 32.1 Å². The minimum atomic E-state index is -1.29. The molecule has 8 rings (SSSR count). The van der Waals surface area contributed by atoms with Gasteiger partial charge in [0.1, 0.15) is 40.7 Å². The number of β-amino-alcohol motifs (C(OH)–C–C–N with tert-alkyl or cyclic N) is 1. The Morgan fingerprint density at radius 1 is 0.896 bits per heavy atom. The summed E-state index contributed by atoms with van der Waals surface area (Å²) in [6.45, 7) is 14.4. The number of aliphatic hydroxyl groups excluding tert-OH is 1. The van der Waals surface area contributed by atoms with Crippen LogP contribution in [-0.2, 0) is 10.4 Å². The van der Waals surface area contributed by atoms with Crippen LogP contribution in [0.15, 0.2) is 55.0 Å². The normalized spacial score (nSPS) is 19.7. The highest BCUT2D eigenvalue weighted by atomic mass is 35.5. The van der Waals surface area contributed by atoms with Crippen LogP contribution in [0, 0.1) is 11.6 Å². The van der Waals surface area contributed by atoms with E-state index in [0.29, 0.717) is 42.0 Å². The Kier molecular flexibility index (Phi) is 15.4. The number of aromatic nitrogens is 6. The van der Waals surface area contributed by atoms with E-state index in [1.165, 1.54) is 18.3 Å². The van der Waals surface area contributed by atoms with Crippen LogP contribution in [0.5, 0.6) is 0 Å². The topological polar surface area (TPSA) is 164 Å². The van der Waals surface area contributed by atoms with Gasteiger partial charge < -0.3 is 40.1 Å². The Hall–Kier alpha value is -5.23. The molecule has 4 N–H and O–H groups in total. The van der Waals surface area contributed by atoms with E-state index in [9.17, 15) is 19.4 Å². The largest absolute Gasteiger partial charge is 0.389 e. The zero-order chi connectivity index (χ0) is 47.2. The summed E-state index contributed by atoms with van der Waals surface area (Å²) in [6.07, 6.45) is 10.4. The van der Waals surface area contributed by atoms with Crippen LogP contribution in [0.2, 0.25) is 5.02 Å². The number of carbonyl (C=O) groups is 1. The summed E-state index contributed by atoms with van der Waals surface area (Å²) in [7, 11) is 0. The highest BCUT2D eigenvalue weighted by Crippen LogP contribution is 2.35. The summed E-state index contributed by atoms with van der Waals surface area (Å²) in [5.74, 6) is 1.63. The Bertz CT molecular complexity index is 2480. The number of anilines is 4. The maximum Gasteiger partial charge on any atom is 0.223 e. The predicted octanol–water partition coefficient (Wildman–Crippen LogP) is 7.64. The van der Waals surface area contributed by atoms with Gasteiger partial charge in [-0.1, -0.05) is 36.9 Å². The average molecular weight is 944 g/mol. The van der Waals surface area contributed by atoms with Gasteiger partial charge in [0.05, 0.1) is 34.6 Å². The number of piperidine rings is 2. The summed E-state index contributed by atoms with van der Waals surface area (Å²) in [4.78, 5) is 44.5. The second kappa shape index (κ2) is 21.4. The maximum atomic E-state index is 15.6.